The van der Waals surface area contributed by atoms with Crippen molar-refractivity contribution in [2.45, 2.75) is 32.4 Å². The van der Waals surface area contributed by atoms with Gasteiger partial charge < -0.3 is 10.1 Å². The molecule has 0 bridgehead atoms. The Labute approximate surface area is 181 Å². The molecule has 0 spiro atoms. The molecule has 0 saturated heterocycles. The molecule has 3 aromatic rings. The Bertz CT molecular complexity index is 1160. The van der Waals surface area contributed by atoms with Gasteiger partial charge in [0.2, 0.25) is 0 Å². The fourth-order valence-electron chi connectivity index (χ4n) is 4.59. The number of rotatable bonds is 1. The second-order valence-corrected chi connectivity index (χ2v) is 9.19. The second-order valence-electron chi connectivity index (χ2n) is 8.32. The summed E-state index contributed by atoms with van der Waals surface area (Å²) < 4.78 is 6.55. The summed E-state index contributed by atoms with van der Waals surface area (Å²) in [6, 6.07) is 18.2. The Morgan fingerprint density at radius 1 is 0.931 bits per heavy atom. The van der Waals surface area contributed by atoms with Crippen LogP contribution in [0, 0.1) is 0 Å². The van der Waals surface area contributed by atoms with E-state index in [1.54, 1.807) is 6.07 Å². The van der Waals surface area contributed by atoms with Crippen LogP contribution in [-0.4, -0.2) is 5.54 Å². The van der Waals surface area contributed by atoms with Crippen molar-refractivity contribution in [2.75, 3.05) is 5.32 Å². The topological polar surface area (TPSA) is 21.3 Å². The molecule has 0 saturated carbocycles. The first kappa shape index (κ1) is 18.6. The van der Waals surface area contributed by atoms with Crippen LogP contribution >= 0.6 is 23.2 Å². The highest BCUT2D eigenvalue weighted by atomic mass is 35.5. The van der Waals surface area contributed by atoms with Crippen molar-refractivity contribution >= 4 is 34.5 Å². The largest absolute Gasteiger partial charge is 0.480 e. The Morgan fingerprint density at radius 3 is 2.41 bits per heavy atom. The highest BCUT2D eigenvalue weighted by Gasteiger charge is 2.34. The van der Waals surface area contributed by atoms with E-state index in [-0.39, 0.29) is 11.6 Å². The van der Waals surface area contributed by atoms with E-state index in [1.165, 1.54) is 16.7 Å². The van der Waals surface area contributed by atoms with E-state index in [1.807, 2.05) is 30.3 Å². The minimum absolute atomic E-state index is 0.104. The molecule has 2 heterocycles. The fourth-order valence-corrected chi connectivity index (χ4v) is 5.13. The smallest absolute Gasteiger partial charge is 0.150 e. The second kappa shape index (κ2) is 6.55. The van der Waals surface area contributed by atoms with Crippen LogP contribution in [0.1, 0.15) is 43.6 Å². The van der Waals surface area contributed by atoms with Gasteiger partial charge in [0.05, 0.1) is 5.54 Å². The van der Waals surface area contributed by atoms with Crippen molar-refractivity contribution in [1.82, 2.24) is 0 Å². The molecular weight excluding hydrogens is 401 g/mol. The molecule has 0 fully saturated rings. The summed E-state index contributed by atoms with van der Waals surface area (Å²) in [4.78, 5) is 0. The third-order valence-electron chi connectivity index (χ3n) is 5.55. The van der Waals surface area contributed by atoms with Crippen molar-refractivity contribution < 1.29 is 4.74 Å². The maximum Gasteiger partial charge on any atom is 0.150 e. The minimum atomic E-state index is -0.294. The van der Waals surface area contributed by atoms with Crippen LogP contribution in [0.3, 0.4) is 0 Å². The van der Waals surface area contributed by atoms with Gasteiger partial charge in [-0.05, 0) is 67.8 Å². The average molecular weight is 422 g/mol. The van der Waals surface area contributed by atoms with E-state index in [9.17, 15) is 0 Å². The van der Waals surface area contributed by atoms with Crippen molar-refractivity contribution in [3.05, 3.63) is 87.4 Å². The van der Waals surface area contributed by atoms with Crippen LogP contribution in [0.25, 0.3) is 16.7 Å². The van der Waals surface area contributed by atoms with Gasteiger partial charge in [-0.15, -0.1) is 0 Å². The Hall–Kier alpha value is -2.42. The van der Waals surface area contributed by atoms with Crippen LogP contribution < -0.4 is 10.1 Å². The Morgan fingerprint density at radius 2 is 1.66 bits per heavy atom. The van der Waals surface area contributed by atoms with Crippen molar-refractivity contribution in [3.63, 3.8) is 0 Å². The number of benzene rings is 3. The lowest BCUT2D eigenvalue weighted by atomic mass is 9.80. The number of anilines is 1. The van der Waals surface area contributed by atoms with Crippen molar-refractivity contribution in [2.24, 2.45) is 0 Å². The first-order chi connectivity index (χ1) is 13.8. The van der Waals surface area contributed by atoms with E-state index in [2.05, 4.69) is 50.4 Å². The number of ether oxygens (including phenoxy) is 1. The van der Waals surface area contributed by atoms with Gasteiger partial charge in [-0.25, -0.2) is 0 Å². The van der Waals surface area contributed by atoms with Crippen LogP contribution in [0.15, 0.2) is 60.7 Å². The van der Waals surface area contributed by atoms with Crippen LogP contribution in [0.5, 0.6) is 5.75 Å². The molecule has 1 N–H and O–H groups in total. The average Bonchev–Trinajstić information content (AvgIpc) is 2.65. The summed E-state index contributed by atoms with van der Waals surface area (Å²) in [6.07, 6.45) is 1.98. The molecule has 0 aromatic heterocycles. The summed E-state index contributed by atoms with van der Waals surface area (Å²) in [5, 5.41) is 4.86. The van der Waals surface area contributed by atoms with Gasteiger partial charge in [0, 0.05) is 32.4 Å². The van der Waals surface area contributed by atoms with E-state index < -0.39 is 0 Å². The number of fused-ring (bicyclic) bond motifs is 5. The predicted octanol–water partition coefficient (Wildman–Crippen LogP) is 7.75. The lowest BCUT2D eigenvalue weighted by Gasteiger charge is -2.37. The molecule has 0 radical (unpaired) electrons. The molecule has 4 heteroatoms. The number of hydrogen-bond acceptors (Lipinski definition) is 2. The lowest BCUT2D eigenvalue weighted by molar-refractivity contribution is 0.243. The van der Waals surface area contributed by atoms with Gasteiger partial charge in [-0.2, -0.15) is 0 Å². The van der Waals surface area contributed by atoms with E-state index in [4.69, 9.17) is 27.9 Å². The van der Waals surface area contributed by atoms with Gasteiger partial charge >= 0.3 is 0 Å². The maximum atomic E-state index is 6.55. The van der Waals surface area contributed by atoms with Crippen LogP contribution in [-0.2, 0) is 0 Å². The third-order valence-corrected chi connectivity index (χ3v) is 5.98. The SMILES string of the molecule is CC1=CC(C)(C)Nc2ccc3c(c21)[C@@H](c1cc(Cl)cc(Cl)c1)Oc1ccccc1-3. The molecule has 29 heavy (non-hydrogen) atoms. The lowest BCUT2D eigenvalue weighted by Crippen LogP contribution is -2.32. The molecule has 5 rings (SSSR count). The summed E-state index contributed by atoms with van der Waals surface area (Å²) in [5.41, 5.74) is 7.83. The Kier molecular flexibility index (Phi) is 4.20. The first-order valence-corrected chi connectivity index (χ1v) is 10.4. The highest BCUT2D eigenvalue weighted by Crippen LogP contribution is 2.50. The van der Waals surface area contributed by atoms with Gasteiger partial charge in [-0.1, -0.05) is 53.5 Å². The van der Waals surface area contributed by atoms with Crippen molar-refractivity contribution in [3.8, 4) is 16.9 Å². The molecule has 2 aliphatic heterocycles. The number of hydrogen-bond donors (Lipinski definition) is 1. The molecule has 2 aliphatic rings. The zero-order chi connectivity index (χ0) is 20.3. The molecule has 1 atom stereocenters. The minimum Gasteiger partial charge on any atom is -0.480 e. The van der Waals surface area contributed by atoms with E-state index in [0.29, 0.717) is 10.0 Å². The van der Waals surface area contributed by atoms with Crippen molar-refractivity contribution in [1.29, 1.82) is 0 Å². The summed E-state index contributed by atoms with van der Waals surface area (Å²) in [7, 11) is 0. The third kappa shape index (κ3) is 3.11. The summed E-state index contributed by atoms with van der Waals surface area (Å²) in [6.45, 7) is 6.53. The fraction of sp³-hybridized carbons (Fsp3) is 0.200. The molecule has 3 aromatic carbocycles. The zero-order valence-corrected chi connectivity index (χ0v) is 18.0. The monoisotopic (exact) mass is 421 g/mol. The zero-order valence-electron chi connectivity index (χ0n) is 16.5. The maximum absolute atomic E-state index is 6.55. The molecule has 146 valence electrons. The standard InChI is InChI=1S/C25H21Cl2NO/c1-14-13-25(2,3)28-20-9-8-19-18-6-4-5-7-21(18)29-24(23(19)22(14)20)15-10-16(26)12-17(27)11-15/h4-13,24,28H,1-3H3/t24-/m1/s1. The first-order valence-electron chi connectivity index (χ1n) is 9.69. The van der Waals surface area contributed by atoms with E-state index >= 15 is 0 Å². The normalized spacial score (nSPS) is 18.5. The number of nitrogens with one attached hydrogen (secondary N) is 1. The van der Waals surface area contributed by atoms with Gasteiger partial charge in [0.1, 0.15) is 5.75 Å². The molecule has 0 unspecified atom stereocenters. The highest BCUT2D eigenvalue weighted by molar-refractivity contribution is 6.34. The van der Waals surface area contributed by atoms with Gasteiger partial charge in [0.25, 0.3) is 0 Å². The van der Waals surface area contributed by atoms with Gasteiger partial charge in [-0.3, -0.25) is 0 Å². The summed E-state index contributed by atoms with van der Waals surface area (Å²) >= 11 is 12.7. The molecule has 2 nitrogen and oxygen atoms in total. The van der Waals surface area contributed by atoms with E-state index in [0.717, 1.165) is 28.1 Å². The summed E-state index contributed by atoms with van der Waals surface area (Å²) in [5.74, 6) is 0.867. The molecule has 0 aliphatic carbocycles. The molecule has 0 amide bonds. The number of para-hydroxylation sites is 1. The predicted molar refractivity (Wildman–Crippen MR) is 122 cm³/mol. The number of halogens is 2. The Balaban J connectivity index is 1.82. The van der Waals surface area contributed by atoms with Crippen LogP contribution in [0.4, 0.5) is 5.69 Å². The van der Waals surface area contributed by atoms with Crippen LogP contribution in [0.2, 0.25) is 10.0 Å². The molecular formula is C25H21Cl2NO. The quantitative estimate of drug-likeness (QED) is 0.433. The van der Waals surface area contributed by atoms with Gasteiger partial charge in [0.15, 0.2) is 6.10 Å². The number of allylic oxidation sites excluding steroid dienone is 1.